The Balaban J connectivity index is 2.19. The number of hydrogen-bond acceptors (Lipinski definition) is 2. The summed E-state index contributed by atoms with van der Waals surface area (Å²) in [7, 11) is 0. The summed E-state index contributed by atoms with van der Waals surface area (Å²) in [6, 6.07) is 4.20. The Labute approximate surface area is 85.5 Å². The summed E-state index contributed by atoms with van der Waals surface area (Å²) in [6.45, 7) is 2.30. The Hall–Kier alpha value is -0.890. The van der Waals surface area contributed by atoms with Gasteiger partial charge in [-0.3, -0.25) is 4.98 Å². The molecule has 76 valence electrons. The van der Waals surface area contributed by atoms with Crippen LogP contribution in [0, 0.1) is 5.41 Å². The highest BCUT2D eigenvalue weighted by Crippen LogP contribution is 2.45. The summed E-state index contributed by atoms with van der Waals surface area (Å²) in [5, 5.41) is 0. The molecule has 2 nitrogen and oxygen atoms in total. The zero-order chi connectivity index (χ0) is 10.0. The molecule has 1 aliphatic rings. The predicted octanol–water partition coefficient (Wildman–Crippen LogP) is 2.66. The third kappa shape index (κ3) is 1.67. The molecule has 1 atom stereocenters. The maximum atomic E-state index is 6.29. The zero-order valence-electron chi connectivity index (χ0n) is 8.74. The molecule has 0 aromatic carbocycles. The third-order valence-electron chi connectivity index (χ3n) is 3.54. The normalized spacial score (nSPS) is 22.1. The minimum atomic E-state index is 0.152. The maximum absolute atomic E-state index is 6.29. The van der Waals surface area contributed by atoms with Crippen LogP contribution in [0.1, 0.15) is 44.2 Å². The molecule has 1 aromatic rings. The highest BCUT2D eigenvalue weighted by atomic mass is 14.7. The molecule has 1 unspecified atom stereocenters. The van der Waals surface area contributed by atoms with Crippen LogP contribution < -0.4 is 5.73 Å². The molecule has 0 spiro atoms. The first-order valence-electron chi connectivity index (χ1n) is 5.38. The summed E-state index contributed by atoms with van der Waals surface area (Å²) >= 11 is 0. The van der Waals surface area contributed by atoms with Gasteiger partial charge in [0, 0.05) is 18.4 Å². The van der Waals surface area contributed by atoms with E-state index in [9.17, 15) is 0 Å². The predicted molar refractivity (Wildman–Crippen MR) is 57.7 cm³/mol. The molecule has 1 aromatic heterocycles. The first-order chi connectivity index (χ1) is 6.72. The minimum absolute atomic E-state index is 0.152. The lowest BCUT2D eigenvalue weighted by molar-refractivity contribution is 0.265. The highest BCUT2D eigenvalue weighted by Gasteiger charge is 2.35. The van der Waals surface area contributed by atoms with Crippen molar-refractivity contribution in [1.29, 1.82) is 0 Å². The van der Waals surface area contributed by atoms with E-state index >= 15 is 0 Å². The number of nitrogens with two attached hydrogens (primary N) is 1. The Morgan fingerprint density at radius 2 is 2.14 bits per heavy atom. The van der Waals surface area contributed by atoms with Crippen molar-refractivity contribution in [3.8, 4) is 0 Å². The SMILES string of the molecule is CC1(C(N)c2cccnc2)CCCC1. The number of nitrogens with zero attached hydrogens (tertiary/aromatic N) is 1. The van der Waals surface area contributed by atoms with Gasteiger partial charge < -0.3 is 5.73 Å². The van der Waals surface area contributed by atoms with Crippen LogP contribution in [-0.2, 0) is 0 Å². The van der Waals surface area contributed by atoms with E-state index < -0.39 is 0 Å². The van der Waals surface area contributed by atoms with Crippen LogP contribution in [0.2, 0.25) is 0 Å². The maximum Gasteiger partial charge on any atom is 0.0364 e. The molecular weight excluding hydrogens is 172 g/mol. The number of aromatic nitrogens is 1. The third-order valence-corrected chi connectivity index (χ3v) is 3.54. The Morgan fingerprint density at radius 1 is 1.43 bits per heavy atom. The molecule has 2 rings (SSSR count). The molecule has 1 aliphatic carbocycles. The van der Waals surface area contributed by atoms with Crippen molar-refractivity contribution in [1.82, 2.24) is 4.98 Å². The van der Waals surface area contributed by atoms with Gasteiger partial charge in [-0.25, -0.2) is 0 Å². The summed E-state index contributed by atoms with van der Waals surface area (Å²) in [5.74, 6) is 0. The molecule has 14 heavy (non-hydrogen) atoms. The first kappa shape index (κ1) is 9.66. The fourth-order valence-electron chi connectivity index (χ4n) is 2.46. The van der Waals surface area contributed by atoms with Gasteiger partial charge in [0.25, 0.3) is 0 Å². The molecule has 0 bridgehead atoms. The second-order valence-electron chi connectivity index (χ2n) is 4.63. The van der Waals surface area contributed by atoms with Gasteiger partial charge >= 0.3 is 0 Å². The lowest BCUT2D eigenvalue weighted by atomic mass is 9.78. The Bertz CT molecular complexity index is 288. The van der Waals surface area contributed by atoms with Crippen molar-refractivity contribution < 1.29 is 0 Å². The van der Waals surface area contributed by atoms with E-state index in [1.165, 1.54) is 31.2 Å². The molecule has 0 saturated heterocycles. The zero-order valence-corrected chi connectivity index (χ0v) is 8.74. The molecule has 1 fully saturated rings. The van der Waals surface area contributed by atoms with E-state index in [2.05, 4.69) is 18.0 Å². The van der Waals surface area contributed by atoms with Gasteiger partial charge in [0.1, 0.15) is 0 Å². The van der Waals surface area contributed by atoms with Gasteiger partial charge in [-0.1, -0.05) is 25.8 Å². The van der Waals surface area contributed by atoms with Crippen LogP contribution in [-0.4, -0.2) is 4.98 Å². The molecular formula is C12H18N2. The van der Waals surface area contributed by atoms with Crippen molar-refractivity contribution >= 4 is 0 Å². The van der Waals surface area contributed by atoms with Crippen LogP contribution >= 0.6 is 0 Å². The minimum Gasteiger partial charge on any atom is -0.323 e. The van der Waals surface area contributed by atoms with E-state index in [1.54, 1.807) is 6.20 Å². The molecule has 1 heterocycles. The number of hydrogen-bond donors (Lipinski definition) is 1. The molecule has 2 N–H and O–H groups in total. The second-order valence-corrected chi connectivity index (χ2v) is 4.63. The van der Waals surface area contributed by atoms with Gasteiger partial charge in [-0.15, -0.1) is 0 Å². The van der Waals surface area contributed by atoms with Crippen LogP contribution in [0.3, 0.4) is 0 Å². The molecule has 2 heteroatoms. The average Bonchev–Trinajstić information content (AvgIpc) is 2.67. The molecule has 0 radical (unpaired) electrons. The summed E-state index contributed by atoms with van der Waals surface area (Å²) in [6.07, 6.45) is 8.85. The van der Waals surface area contributed by atoms with E-state index in [0.717, 1.165) is 0 Å². The van der Waals surface area contributed by atoms with Crippen molar-refractivity contribution in [2.75, 3.05) is 0 Å². The second kappa shape index (κ2) is 3.70. The average molecular weight is 190 g/mol. The molecule has 1 saturated carbocycles. The fourth-order valence-corrected chi connectivity index (χ4v) is 2.46. The summed E-state index contributed by atoms with van der Waals surface area (Å²) in [5.41, 5.74) is 7.77. The van der Waals surface area contributed by atoms with Gasteiger partial charge in [-0.05, 0) is 29.9 Å². The highest BCUT2D eigenvalue weighted by molar-refractivity contribution is 5.16. The van der Waals surface area contributed by atoms with Crippen molar-refractivity contribution in [3.05, 3.63) is 30.1 Å². The first-order valence-corrected chi connectivity index (χ1v) is 5.38. The summed E-state index contributed by atoms with van der Waals surface area (Å²) < 4.78 is 0. The van der Waals surface area contributed by atoms with E-state index in [-0.39, 0.29) is 6.04 Å². The number of rotatable bonds is 2. The number of pyridine rings is 1. The lowest BCUT2D eigenvalue weighted by Gasteiger charge is -2.31. The van der Waals surface area contributed by atoms with Crippen LogP contribution in [0.15, 0.2) is 24.5 Å². The van der Waals surface area contributed by atoms with E-state index in [4.69, 9.17) is 5.73 Å². The summed E-state index contributed by atoms with van der Waals surface area (Å²) in [4.78, 5) is 4.13. The van der Waals surface area contributed by atoms with Crippen LogP contribution in [0.25, 0.3) is 0 Å². The van der Waals surface area contributed by atoms with Gasteiger partial charge in [0.2, 0.25) is 0 Å². The van der Waals surface area contributed by atoms with Crippen LogP contribution in [0.4, 0.5) is 0 Å². The molecule has 0 aliphatic heterocycles. The van der Waals surface area contributed by atoms with Crippen molar-refractivity contribution in [3.63, 3.8) is 0 Å². The van der Waals surface area contributed by atoms with Gasteiger partial charge in [0.15, 0.2) is 0 Å². The quantitative estimate of drug-likeness (QED) is 0.778. The largest absolute Gasteiger partial charge is 0.323 e. The van der Waals surface area contributed by atoms with Crippen molar-refractivity contribution in [2.24, 2.45) is 11.1 Å². The topological polar surface area (TPSA) is 38.9 Å². The van der Waals surface area contributed by atoms with Gasteiger partial charge in [-0.2, -0.15) is 0 Å². The Kier molecular flexibility index (Phi) is 2.55. The van der Waals surface area contributed by atoms with E-state index in [1.807, 2.05) is 12.3 Å². The standard InChI is InChI=1S/C12H18N2/c1-12(6-2-3-7-12)11(13)10-5-4-8-14-9-10/h4-5,8-9,11H,2-3,6-7,13H2,1H3. The fraction of sp³-hybridized carbons (Fsp3) is 0.583. The molecule has 0 amide bonds. The smallest absolute Gasteiger partial charge is 0.0364 e. The lowest BCUT2D eigenvalue weighted by Crippen LogP contribution is -2.29. The van der Waals surface area contributed by atoms with Gasteiger partial charge in [0.05, 0.1) is 0 Å². The Morgan fingerprint density at radius 3 is 2.71 bits per heavy atom. The monoisotopic (exact) mass is 190 g/mol. The van der Waals surface area contributed by atoms with Crippen LogP contribution in [0.5, 0.6) is 0 Å². The van der Waals surface area contributed by atoms with E-state index in [0.29, 0.717) is 5.41 Å². The van der Waals surface area contributed by atoms with Crippen molar-refractivity contribution in [2.45, 2.75) is 38.6 Å².